The van der Waals surface area contributed by atoms with E-state index in [0.29, 0.717) is 26.2 Å². The molecular formula is C17H24N4O2. The third-order valence-corrected chi connectivity index (χ3v) is 4.40. The second-order valence-corrected chi connectivity index (χ2v) is 5.71. The van der Waals surface area contributed by atoms with E-state index in [0.717, 1.165) is 0 Å². The Labute approximate surface area is 137 Å². The van der Waals surface area contributed by atoms with Gasteiger partial charge >= 0.3 is 12.1 Å². The van der Waals surface area contributed by atoms with Crippen LogP contribution in [0.4, 0.5) is 9.59 Å². The Hall–Kier alpha value is -2.50. The summed E-state index contributed by atoms with van der Waals surface area (Å²) in [7, 11) is 0. The molecule has 2 heterocycles. The van der Waals surface area contributed by atoms with Crippen LogP contribution in [0.1, 0.15) is 6.92 Å². The van der Waals surface area contributed by atoms with Gasteiger partial charge in [-0.2, -0.15) is 0 Å². The fourth-order valence-electron chi connectivity index (χ4n) is 3.51. The van der Waals surface area contributed by atoms with Gasteiger partial charge in [-0.15, -0.1) is 26.3 Å². The lowest BCUT2D eigenvalue weighted by atomic mass is 10.1. The standard InChI is InChI=1S/C17H24N4O2/c1-6-10-18-14-17(5,20(12-8-3)15(18)22)21(13-9-4)16(23)19(14)11-7-2/h6-9,14H,1-4,10-13H2,5H3. The Morgan fingerprint density at radius 3 is 1.48 bits per heavy atom. The molecule has 23 heavy (non-hydrogen) atoms. The number of rotatable bonds is 8. The van der Waals surface area contributed by atoms with Crippen LogP contribution < -0.4 is 0 Å². The Morgan fingerprint density at radius 1 is 0.826 bits per heavy atom. The molecular weight excluding hydrogens is 292 g/mol. The van der Waals surface area contributed by atoms with E-state index < -0.39 is 11.8 Å². The zero-order chi connectivity index (χ0) is 17.2. The molecule has 0 atom stereocenters. The second-order valence-electron chi connectivity index (χ2n) is 5.71. The van der Waals surface area contributed by atoms with Crippen LogP contribution in [0.15, 0.2) is 50.6 Å². The minimum atomic E-state index is -0.789. The first kappa shape index (κ1) is 16.9. The molecule has 2 fully saturated rings. The number of hydrogen-bond acceptors (Lipinski definition) is 2. The third-order valence-electron chi connectivity index (χ3n) is 4.40. The van der Waals surface area contributed by atoms with Gasteiger partial charge in [-0.3, -0.25) is 19.6 Å². The van der Waals surface area contributed by atoms with Crippen LogP contribution in [0.2, 0.25) is 0 Å². The van der Waals surface area contributed by atoms with E-state index in [1.807, 2.05) is 6.92 Å². The summed E-state index contributed by atoms with van der Waals surface area (Å²) in [6.07, 6.45) is 6.28. The third kappa shape index (κ3) is 2.25. The number of hydrogen-bond donors (Lipinski definition) is 0. The second kappa shape index (κ2) is 6.32. The van der Waals surface area contributed by atoms with E-state index in [1.54, 1.807) is 43.9 Å². The lowest BCUT2D eigenvalue weighted by Crippen LogP contribution is -2.57. The number of fused-ring (bicyclic) bond motifs is 1. The molecule has 124 valence electrons. The fourth-order valence-corrected chi connectivity index (χ4v) is 3.51. The topological polar surface area (TPSA) is 47.1 Å². The van der Waals surface area contributed by atoms with Crippen molar-refractivity contribution >= 4 is 12.1 Å². The summed E-state index contributed by atoms with van der Waals surface area (Å²) in [6.45, 7) is 18.3. The van der Waals surface area contributed by atoms with Gasteiger partial charge in [0.2, 0.25) is 0 Å². The maximum Gasteiger partial charge on any atom is 0.324 e. The molecule has 2 saturated heterocycles. The predicted molar refractivity (Wildman–Crippen MR) is 90.6 cm³/mol. The molecule has 0 aliphatic carbocycles. The summed E-state index contributed by atoms with van der Waals surface area (Å²) in [5.74, 6) is 0. The van der Waals surface area contributed by atoms with Gasteiger partial charge in [0.25, 0.3) is 0 Å². The van der Waals surface area contributed by atoms with E-state index >= 15 is 0 Å². The van der Waals surface area contributed by atoms with Crippen molar-refractivity contribution in [2.45, 2.75) is 18.8 Å². The predicted octanol–water partition coefficient (Wildman–Crippen LogP) is 2.25. The van der Waals surface area contributed by atoms with Crippen LogP contribution in [0.25, 0.3) is 0 Å². The quantitative estimate of drug-likeness (QED) is 0.645. The lowest BCUT2D eigenvalue weighted by molar-refractivity contribution is 0.0430. The van der Waals surface area contributed by atoms with E-state index in [2.05, 4.69) is 26.3 Å². The van der Waals surface area contributed by atoms with Crippen molar-refractivity contribution in [3.8, 4) is 0 Å². The molecule has 0 unspecified atom stereocenters. The zero-order valence-corrected chi connectivity index (χ0v) is 13.6. The highest BCUT2D eigenvalue weighted by Gasteiger charge is 2.65. The SMILES string of the molecule is C=CCN1C(=O)N(CC=C)C2(C)C1N(CC=C)C(=O)N2CC=C. The molecule has 0 spiro atoms. The van der Waals surface area contributed by atoms with Crippen molar-refractivity contribution in [1.82, 2.24) is 19.6 Å². The maximum absolute atomic E-state index is 12.9. The van der Waals surface area contributed by atoms with Gasteiger partial charge in [0.05, 0.1) is 0 Å². The van der Waals surface area contributed by atoms with E-state index in [-0.39, 0.29) is 12.1 Å². The average molecular weight is 316 g/mol. The van der Waals surface area contributed by atoms with Gasteiger partial charge in [-0.25, -0.2) is 9.59 Å². The highest BCUT2D eigenvalue weighted by molar-refractivity contribution is 5.87. The fraction of sp³-hybridized carbons (Fsp3) is 0.412. The number of amides is 4. The molecule has 0 saturated carbocycles. The van der Waals surface area contributed by atoms with Crippen LogP contribution in [0.3, 0.4) is 0 Å². The van der Waals surface area contributed by atoms with Crippen molar-refractivity contribution < 1.29 is 9.59 Å². The highest BCUT2D eigenvalue weighted by atomic mass is 16.2. The molecule has 4 amide bonds. The Morgan fingerprint density at radius 2 is 1.17 bits per heavy atom. The van der Waals surface area contributed by atoms with Crippen LogP contribution >= 0.6 is 0 Å². The molecule has 0 aromatic rings. The first-order valence-corrected chi connectivity index (χ1v) is 7.59. The number of urea groups is 2. The highest BCUT2D eigenvalue weighted by Crippen LogP contribution is 2.43. The number of carbonyl (C=O) groups excluding carboxylic acids is 2. The summed E-state index contributed by atoms with van der Waals surface area (Å²) in [5, 5.41) is 0. The molecule has 6 nitrogen and oxygen atoms in total. The Kier molecular flexibility index (Phi) is 4.63. The zero-order valence-electron chi connectivity index (χ0n) is 13.6. The minimum absolute atomic E-state index is 0.132. The molecule has 0 N–H and O–H groups in total. The van der Waals surface area contributed by atoms with Gasteiger partial charge in [0.1, 0.15) is 0 Å². The van der Waals surface area contributed by atoms with Crippen LogP contribution in [0.5, 0.6) is 0 Å². The minimum Gasteiger partial charge on any atom is -0.296 e. The van der Waals surface area contributed by atoms with Crippen molar-refractivity contribution in [2.24, 2.45) is 0 Å². The molecule has 6 heteroatoms. The van der Waals surface area contributed by atoms with Crippen molar-refractivity contribution in [3.05, 3.63) is 50.6 Å². The van der Waals surface area contributed by atoms with E-state index in [4.69, 9.17) is 0 Å². The van der Waals surface area contributed by atoms with Crippen LogP contribution in [0, 0.1) is 0 Å². The Bertz CT molecular complexity index is 513. The molecule has 2 aliphatic rings. The van der Waals surface area contributed by atoms with Gasteiger partial charge in [0.15, 0.2) is 11.8 Å². The van der Waals surface area contributed by atoms with Crippen LogP contribution in [-0.2, 0) is 0 Å². The number of nitrogens with zero attached hydrogens (tertiary/aromatic N) is 4. The molecule has 0 radical (unpaired) electrons. The van der Waals surface area contributed by atoms with Gasteiger partial charge in [0, 0.05) is 26.2 Å². The van der Waals surface area contributed by atoms with Crippen molar-refractivity contribution in [2.75, 3.05) is 26.2 Å². The van der Waals surface area contributed by atoms with E-state index in [9.17, 15) is 9.59 Å². The van der Waals surface area contributed by atoms with Crippen LogP contribution in [-0.4, -0.2) is 69.7 Å². The molecule has 0 aromatic heterocycles. The molecule has 2 aliphatic heterocycles. The monoisotopic (exact) mass is 316 g/mol. The van der Waals surface area contributed by atoms with Crippen molar-refractivity contribution in [1.29, 1.82) is 0 Å². The normalized spacial score (nSPS) is 26.6. The van der Waals surface area contributed by atoms with Crippen molar-refractivity contribution in [3.63, 3.8) is 0 Å². The average Bonchev–Trinajstić information content (AvgIpc) is 2.85. The molecule has 0 bridgehead atoms. The van der Waals surface area contributed by atoms with Gasteiger partial charge < -0.3 is 0 Å². The molecule has 2 rings (SSSR count). The summed E-state index contributed by atoms with van der Waals surface area (Å²) in [6, 6.07) is -0.263. The first-order chi connectivity index (χ1) is 11.0. The largest absolute Gasteiger partial charge is 0.324 e. The lowest BCUT2D eigenvalue weighted by Gasteiger charge is -2.38. The summed E-state index contributed by atoms with van der Waals surface area (Å²) < 4.78 is 0. The van der Waals surface area contributed by atoms with Gasteiger partial charge in [-0.05, 0) is 6.92 Å². The first-order valence-electron chi connectivity index (χ1n) is 7.59. The number of carbonyl (C=O) groups is 2. The summed E-state index contributed by atoms with van der Waals surface area (Å²) in [5.41, 5.74) is -0.789. The summed E-state index contributed by atoms with van der Waals surface area (Å²) >= 11 is 0. The van der Waals surface area contributed by atoms with E-state index in [1.165, 1.54) is 0 Å². The van der Waals surface area contributed by atoms with Gasteiger partial charge in [-0.1, -0.05) is 24.3 Å². The maximum atomic E-state index is 12.9. The Balaban J connectivity index is 2.57. The molecule has 0 aromatic carbocycles. The summed E-state index contributed by atoms with van der Waals surface area (Å²) in [4.78, 5) is 32.4. The smallest absolute Gasteiger partial charge is 0.296 e.